The Balaban J connectivity index is 0.00000392. The molecule has 0 radical (unpaired) electrons. The van der Waals surface area contributed by atoms with Gasteiger partial charge in [0.2, 0.25) is 0 Å². The molecule has 1 aliphatic rings. The van der Waals surface area contributed by atoms with Gasteiger partial charge in [0, 0.05) is 46.3 Å². The van der Waals surface area contributed by atoms with Crippen molar-refractivity contribution in [3.63, 3.8) is 0 Å². The van der Waals surface area contributed by atoms with E-state index in [0.717, 1.165) is 12.8 Å². The maximum Gasteiger partial charge on any atom is 0.414 e. The Morgan fingerprint density at radius 1 is 1.07 bits per heavy atom. The number of benzene rings is 1. The van der Waals surface area contributed by atoms with Crippen LogP contribution in [0, 0.1) is 0 Å². The highest BCUT2D eigenvalue weighted by molar-refractivity contribution is 5.85. The number of nitrogens with one attached hydrogen (secondary N) is 1. The summed E-state index contributed by atoms with van der Waals surface area (Å²) in [6.07, 6.45) is 1.37. The molecule has 1 atom stereocenters. The van der Waals surface area contributed by atoms with Gasteiger partial charge in [-0.15, -0.1) is 12.4 Å². The van der Waals surface area contributed by atoms with E-state index in [4.69, 9.17) is 9.47 Å². The molecular formula is C19H30ClN3O5. The Morgan fingerprint density at radius 3 is 1.89 bits per heavy atom. The molecule has 1 aliphatic carbocycles. The van der Waals surface area contributed by atoms with Crippen molar-refractivity contribution in [2.75, 3.05) is 34.7 Å². The third-order valence-electron chi connectivity index (χ3n) is 4.61. The first-order valence-corrected chi connectivity index (χ1v) is 8.96. The second-order valence-electron chi connectivity index (χ2n) is 7.57. The molecule has 1 fully saturated rings. The van der Waals surface area contributed by atoms with Crippen LogP contribution in [0.5, 0.6) is 11.5 Å². The van der Waals surface area contributed by atoms with Crippen LogP contribution in [-0.4, -0.2) is 67.4 Å². The number of rotatable bonds is 6. The van der Waals surface area contributed by atoms with Gasteiger partial charge in [0.15, 0.2) is 0 Å². The molecule has 1 saturated carbocycles. The quantitative estimate of drug-likeness (QED) is 0.742. The summed E-state index contributed by atoms with van der Waals surface area (Å²) < 4.78 is 10.6. The fourth-order valence-electron chi connectivity index (χ4n) is 2.63. The topological polar surface area (TPSA) is 91.3 Å². The zero-order valence-corrected chi connectivity index (χ0v) is 17.8. The molecule has 0 aromatic heterocycles. The van der Waals surface area contributed by atoms with E-state index in [1.54, 1.807) is 40.3 Å². The van der Waals surface area contributed by atoms with Crippen LogP contribution in [-0.2, 0) is 0 Å². The van der Waals surface area contributed by atoms with E-state index in [1.807, 2.05) is 0 Å². The van der Waals surface area contributed by atoms with Crippen molar-refractivity contribution >= 4 is 24.6 Å². The highest BCUT2D eigenvalue weighted by atomic mass is 35.5. The van der Waals surface area contributed by atoms with Crippen molar-refractivity contribution in [2.24, 2.45) is 0 Å². The standard InChI is InChI=1S/C19H29N3O5.ClH/c1-19(7-6-8-19)20-12-16(23)13-9-14(26-17(24)21(2)3)11-15(10-13)27-18(25)22(4)5;/h9-11,16,20,23H,6-8,12H2,1-5H3;1H. The summed E-state index contributed by atoms with van der Waals surface area (Å²) in [6.45, 7) is 2.48. The minimum Gasteiger partial charge on any atom is -0.410 e. The van der Waals surface area contributed by atoms with E-state index >= 15 is 0 Å². The molecule has 2 rings (SSSR count). The zero-order valence-electron chi connectivity index (χ0n) is 17.0. The monoisotopic (exact) mass is 415 g/mol. The average molecular weight is 416 g/mol. The number of amides is 2. The van der Waals surface area contributed by atoms with Gasteiger partial charge in [0.1, 0.15) is 11.5 Å². The zero-order chi connectivity index (χ0) is 20.2. The Kier molecular flexibility index (Phi) is 8.53. The minimum absolute atomic E-state index is 0. The Bertz CT molecular complexity index is 652. The molecular weight excluding hydrogens is 386 g/mol. The first-order chi connectivity index (χ1) is 12.6. The molecule has 8 nitrogen and oxygen atoms in total. The molecule has 0 spiro atoms. The summed E-state index contributed by atoms with van der Waals surface area (Å²) in [6, 6.07) is 4.59. The van der Waals surface area contributed by atoms with Crippen molar-refractivity contribution < 1.29 is 24.2 Å². The fraction of sp³-hybridized carbons (Fsp3) is 0.579. The lowest BCUT2D eigenvalue weighted by Crippen LogP contribution is -2.49. The van der Waals surface area contributed by atoms with Crippen LogP contribution >= 0.6 is 12.4 Å². The van der Waals surface area contributed by atoms with E-state index in [9.17, 15) is 14.7 Å². The summed E-state index contributed by atoms with van der Waals surface area (Å²) in [5.41, 5.74) is 0.548. The van der Waals surface area contributed by atoms with E-state index in [1.165, 1.54) is 22.3 Å². The maximum atomic E-state index is 11.9. The Labute approximate surface area is 172 Å². The number of halogens is 1. The number of nitrogens with zero attached hydrogens (tertiary/aromatic N) is 2. The van der Waals surface area contributed by atoms with Gasteiger partial charge in [-0.3, -0.25) is 0 Å². The van der Waals surface area contributed by atoms with Gasteiger partial charge in [-0.2, -0.15) is 0 Å². The molecule has 0 bridgehead atoms. The van der Waals surface area contributed by atoms with E-state index in [-0.39, 0.29) is 29.4 Å². The number of aliphatic hydroxyl groups excluding tert-OH is 1. The van der Waals surface area contributed by atoms with Crippen molar-refractivity contribution in [1.29, 1.82) is 0 Å². The lowest BCUT2D eigenvalue weighted by atomic mass is 9.78. The van der Waals surface area contributed by atoms with Gasteiger partial charge >= 0.3 is 12.2 Å². The van der Waals surface area contributed by atoms with Crippen molar-refractivity contribution in [3.05, 3.63) is 23.8 Å². The number of carbonyl (C=O) groups is 2. The van der Waals surface area contributed by atoms with Gasteiger partial charge in [0.05, 0.1) is 6.10 Å². The van der Waals surface area contributed by atoms with Crippen LogP contribution < -0.4 is 14.8 Å². The van der Waals surface area contributed by atoms with E-state index in [2.05, 4.69) is 12.2 Å². The predicted octanol–water partition coefficient (Wildman–Crippen LogP) is 2.79. The molecule has 9 heteroatoms. The summed E-state index contributed by atoms with van der Waals surface area (Å²) in [5, 5.41) is 13.9. The summed E-state index contributed by atoms with van der Waals surface area (Å²) in [5.74, 6) is 0.392. The molecule has 1 aromatic rings. The Hall–Kier alpha value is -2.03. The molecule has 2 N–H and O–H groups in total. The highest BCUT2D eigenvalue weighted by Gasteiger charge is 2.31. The van der Waals surface area contributed by atoms with Crippen molar-refractivity contribution in [1.82, 2.24) is 15.1 Å². The number of ether oxygens (including phenoxy) is 2. The van der Waals surface area contributed by atoms with E-state index in [0.29, 0.717) is 12.1 Å². The molecule has 1 unspecified atom stereocenters. The van der Waals surface area contributed by atoms with Crippen LogP contribution in [0.4, 0.5) is 9.59 Å². The van der Waals surface area contributed by atoms with Gasteiger partial charge in [0.25, 0.3) is 0 Å². The lowest BCUT2D eigenvalue weighted by Gasteiger charge is -2.40. The summed E-state index contributed by atoms with van der Waals surface area (Å²) in [4.78, 5) is 26.3. The van der Waals surface area contributed by atoms with Crippen molar-refractivity contribution in [3.8, 4) is 11.5 Å². The summed E-state index contributed by atoms with van der Waals surface area (Å²) in [7, 11) is 6.27. The molecule has 0 aliphatic heterocycles. The largest absolute Gasteiger partial charge is 0.414 e. The second kappa shape index (κ2) is 9.95. The third-order valence-corrected chi connectivity index (χ3v) is 4.61. The van der Waals surface area contributed by atoms with Gasteiger partial charge in [-0.05, 0) is 43.9 Å². The highest BCUT2D eigenvalue weighted by Crippen LogP contribution is 2.32. The normalized spacial score (nSPS) is 15.5. The SMILES string of the molecule is CN(C)C(=O)Oc1cc(OC(=O)N(C)C)cc(C(O)CNC2(C)CCC2)c1.Cl. The molecule has 158 valence electrons. The number of carbonyl (C=O) groups excluding carboxylic acids is 2. The predicted molar refractivity (Wildman–Crippen MR) is 108 cm³/mol. The first-order valence-electron chi connectivity index (χ1n) is 8.96. The molecule has 0 saturated heterocycles. The van der Waals surface area contributed by atoms with Gasteiger partial charge in [-0.25, -0.2) is 9.59 Å². The maximum absolute atomic E-state index is 11.9. The Morgan fingerprint density at radius 2 is 1.54 bits per heavy atom. The smallest absolute Gasteiger partial charge is 0.410 e. The molecule has 28 heavy (non-hydrogen) atoms. The first kappa shape index (κ1) is 24.0. The van der Waals surface area contributed by atoms with E-state index < -0.39 is 18.3 Å². The fourth-order valence-corrected chi connectivity index (χ4v) is 2.63. The van der Waals surface area contributed by atoms with Crippen molar-refractivity contribution in [2.45, 2.75) is 37.8 Å². The minimum atomic E-state index is -0.836. The number of hydrogen-bond acceptors (Lipinski definition) is 6. The number of aliphatic hydroxyl groups is 1. The van der Waals surface area contributed by atoms with Crippen LogP contribution in [0.25, 0.3) is 0 Å². The second-order valence-corrected chi connectivity index (χ2v) is 7.57. The van der Waals surface area contributed by atoms with Crippen LogP contribution in [0.2, 0.25) is 0 Å². The van der Waals surface area contributed by atoms with Crippen LogP contribution in [0.15, 0.2) is 18.2 Å². The van der Waals surface area contributed by atoms with Crippen LogP contribution in [0.1, 0.15) is 37.9 Å². The third kappa shape index (κ3) is 6.54. The number of hydrogen-bond donors (Lipinski definition) is 2. The lowest BCUT2D eigenvalue weighted by molar-refractivity contribution is 0.131. The summed E-state index contributed by atoms with van der Waals surface area (Å²) >= 11 is 0. The molecule has 2 amide bonds. The van der Waals surface area contributed by atoms with Gasteiger partial charge < -0.3 is 29.7 Å². The van der Waals surface area contributed by atoms with Crippen LogP contribution in [0.3, 0.4) is 0 Å². The molecule has 1 aromatic carbocycles. The average Bonchev–Trinajstić information content (AvgIpc) is 2.57. The number of β-amino-alcohol motifs (C(OH)–C–C–N with tert-alkyl or cyclic N) is 1. The molecule has 0 heterocycles. The van der Waals surface area contributed by atoms with Gasteiger partial charge in [-0.1, -0.05) is 0 Å².